The molecule has 0 amide bonds. The lowest BCUT2D eigenvalue weighted by atomic mass is 9.99. The Morgan fingerprint density at radius 3 is 2.47 bits per heavy atom. The molecule has 1 heterocycles. The van der Waals surface area contributed by atoms with Gasteiger partial charge >= 0.3 is 0 Å². The predicted octanol–water partition coefficient (Wildman–Crippen LogP) is 1.53. The molecular formula is C14H22N2O. The molecule has 3 heteroatoms. The van der Waals surface area contributed by atoms with Gasteiger partial charge in [0.1, 0.15) is 0 Å². The molecule has 0 aliphatic carbocycles. The molecule has 1 aromatic rings. The van der Waals surface area contributed by atoms with Crippen molar-refractivity contribution < 1.29 is 5.11 Å². The molecule has 0 spiro atoms. The average Bonchev–Trinajstić information content (AvgIpc) is 2.60. The van der Waals surface area contributed by atoms with Crippen LogP contribution in [0.2, 0.25) is 0 Å². The Hall–Kier alpha value is -0.900. The van der Waals surface area contributed by atoms with Crippen molar-refractivity contribution >= 4 is 0 Å². The zero-order valence-electron chi connectivity index (χ0n) is 10.6. The van der Waals surface area contributed by atoms with Crippen LogP contribution in [0.3, 0.4) is 0 Å². The van der Waals surface area contributed by atoms with E-state index in [0.29, 0.717) is 6.54 Å². The predicted molar refractivity (Wildman–Crippen MR) is 69.6 cm³/mol. The number of β-amino-alcohol motifs (C(OH)–C–C–N with tert-alkyl or cyclic N) is 1. The number of hydrogen-bond donors (Lipinski definition) is 2. The Labute approximate surface area is 103 Å². The summed E-state index contributed by atoms with van der Waals surface area (Å²) in [7, 11) is 0. The molecule has 1 saturated heterocycles. The largest absolute Gasteiger partial charge is 0.389 e. The van der Waals surface area contributed by atoms with Gasteiger partial charge in [-0.2, -0.15) is 0 Å². The van der Waals surface area contributed by atoms with Crippen LogP contribution in [-0.2, 0) is 0 Å². The topological polar surface area (TPSA) is 49.5 Å². The molecule has 2 rings (SSSR count). The third kappa shape index (κ3) is 2.86. The minimum Gasteiger partial charge on any atom is -0.389 e. The lowest BCUT2D eigenvalue weighted by molar-refractivity contribution is 0.0601. The molecule has 1 aliphatic rings. The van der Waals surface area contributed by atoms with Gasteiger partial charge in [-0.25, -0.2) is 0 Å². The molecule has 17 heavy (non-hydrogen) atoms. The van der Waals surface area contributed by atoms with Gasteiger partial charge in [-0.15, -0.1) is 0 Å². The zero-order valence-corrected chi connectivity index (χ0v) is 10.6. The van der Waals surface area contributed by atoms with E-state index in [9.17, 15) is 5.11 Å². The maximum absolute atomic E-state index is 10.1. The molecule has 3 unspecified atom stereocenters. The fourth-order valence-corrected chi connectivity index (χ4v) is 2.71. The van der Waals surface area contributed by atoms with Crippen LogP contribution in [0.25, 0.3) is 0 Å². The van der Waals surface area contributed by atoms with Crippen LogP contribution >= 0.6 is 0 Å². The number of hydrogen-bond acceptors (Lipinski definition) is 3. The monoisotopic (exact) mass is 234 g/mol. The molecule has 0 bridgehead atoms. The fourth-order valence-electron chi connectivity index (χ4n) is 2.71. The van der Waals surface area contributed by atoms with Crippen LogP contribution in [0.1, 0.15) is 31.9 Å². The highest BCUT2D eigenvalue weighted by Gasteiger charge is 2.36. The first kappa shape index (κ1) is 12.6. The van der Waals surface area contributed by atoms with E-state index >= 15 is 0 Å². The molecule has 3 atom stereocenters. The molecule has 0 radical (unpaired) electrons. The number of nitrogens with two attached hydrogens (primary N) is 1. The highest BCUT2D eigenvalue weighted by molar-refractivity contribution is 5.21. The first-order valence-corrected chi connectivity index (χ1v) is 6.26. The van der Waals surface area contributed by atoms with Crippen LogP contribution in [0.5, 0.6) is 0 Å². The van der Waals surface area contributed by atoms with E-state index in [0.717, 1.165) is 13.0 Å². The standard InChI is InChI=1S/C14H22N2O/c1-11(15)13(12-6-4-3-5-7-12)16-9-8-14(2,17)10-16/h3-7,11,13,17H,8-10,15H2,1-2H3. The summed E-state index contributed by atoms with van der Waals surface area (Å²) >= 11 is 0. The highest BCUT2D eigenvalue weighted by Crippen LogP contribution is 2.31. The summed E-state index contributed by atoms with van der Waals surface area (Å²) in [4.78, 5) is 2.29. The molecule has 3 N–H and O–H groups in total. The summed E-state index contributed by atoms with van der Waals surface area (Å²) in [5, 5.41) is 10.1. The summed E-state index contributed by atoms with van der Waals surface area (Å²) in [6, 6.07) is 10.6. The van der Waals surface area contributed by atoms with Gasteiger partial charge in [-0.3, -0.25) is 4.90 Å². The first-order chi connectivity index (χ1) is 7.99. The van der Waals surface area contributed by atoms with Gasteiger partial charge in [-0.1, -0.05) is 30.3 Å². The smallest absolute Gasteiger partial charge is 0.0758 e. The van der Waals surface area contributed by atoms with E-state index in [1.54, 1.807) is 0 Å². The molecule has 1 aromatic carbocycles. The van der Waals surface area contributed by atoms with Gasteiger partial charge in [0.05, 0.1) is 5.60 Å². The summed E-state index contributed by atoms with van der Waals surface area (Å²) in [5.41, 5.74) is 6.78. The van der Waals surface area contributed by atoms with Gasteiger partial charge in [-0.05, 0) is 25.8 Å². The van der Waals surface area contributed by atoms with Crippen molar-refractivity contribution in [3.05, 3.63) is 35.9 Å². The Morgan fingerprint density at radius 1 is 1.35 bits per heavy atom. The third-order valence-corrected chi connectivity index (χ3v) is 3.51. The van der Waals surface area contributed by atoms with E-state index in [1.165, 1.54) is 5.56 Å². The lowest BCUT2D eigenvalue weighted by Gasteiger charge is -2.32. The summed E-state index contributed by atoms with van der Waals surface area (Å²) < 4.78 is 0. The van der Waals surface area contributed by atoms with Crippen LogP contribution in [0.15, 0.2) is 30.3 Å². The van der Waals surface area contributed by atoms with Crippen molar-refractivity contribution in [2.75, 3.05) is 13.1 Å². The Balaban J connectivity index is 2.20. The van der Waals surface area contributed by atoms with E-state index in [1.807, 2.05) is 32.0 Å². The van der Waals surface area contributed by atoms with E-state index in [4.69, 9.17) is 5.73 Å². The number of nitrogens with zero attached hydrogens (tertiary/aromatic N) is 1. The highest BCUT2D eigenvalue weighted by atomic mass is 16.3. The van der Waals surface area contributed by atoms with Crippen LogP contribution in [-0.4, -0.2) is 34.7 Å². The summed E-state index contributed by atoms with van der Waals surface area (Å²) in [6.45, 7) is 5.54. The Kier molecular flexibility index (Phi) is 3.52. The number of aliphatic hydroxyl groups is 1. The average molecular weight is 234 g/mol. The van der Waals surface area contributed by atoms with E-state index in [2.05, 4.69) is 17.0 Å². The normalized spacial score (nSPS) is 29.2. The molecule has 1 aliphatic heterocycles. The second-order valence-corrected chi connectivity index (χ2v) is 5.43. The van der Waals surface area contributed by atoms with Crippen LogP contribution in [0.4, 0.5) is 0 Å². The molecule has 0 aromatic heterocycles. The van der Waals surface area contributed by atoms with Crippen molar-refractivity contribution in [2.24, 2.45) is 5.73 Å². The van der Waals surface area contributed by atoms with E-state index < -0.39 is 5.60 Å². The molecule has 3 nitrogen and oxygen atoms in total. The summed E-state index contributed by atoms with van der Waals surface area (Å²) in [5.74, 6) is 0. The maximum atomic E-state index is 10.1. The van der Waals surface area contributed by atoms with Crippen molar-refractivity contribution in [1.29, 1.82) is 0 Å². The Morgan fingerprint density at radius 2 is 2.00 bits per heavy atom. The van der Waals surface area contributed by atoms with E-state index in [-0.39, 0.29) is 12.1 Å². The lowest BCUT2D eigenvalue weighted by Crippen LogP contribution is -2.40. The van der Waals surface area contributed by atoms with Crippen molar-refractivity contribution in [2.45, 2.75) is 38.0 Å². The molecule has 1 fully saturated rings. The van der Waals surface area contributed by atoms with Crippen molar-refractivity contribution in [1.82, 2.24) is 4.90 Å². The minimum atomic E-state index is -0.568. The molecule has 94 valence electrons. The van der Waals surface area contributed by atoms with Gasteiger partial charge in [0, 0.05) is 25.2 Å². The maximum Gasteiger partial charge on any atom is 0.0758 e. The van der Waals surface area contributed by atoms with Gasteiger partial charge in [0.25, 0.3) is 0 Å². The van der Waals surface area contributed by atoms with Crippen molar-refractivity contribution in [3.8, 4) is 0 Å². The fraction of sp³-hybridized carbons (Fsp3) is 0.571. The molecular weight excluding hydrogens is 212 g/mol. The minimum absolute atomic E-state index is 0.0614. The number of rotatable bonds is 3. The molecule has 0 saturated carbocycles. The van der Waals surface area contributed by atoms with Crippen LogP contribution in [0, 0.1) is 0 Å². The van der Waals surface area contributed by atoms with Crippen molar-refractivity contribution in [3.63, 3.8) is 0 Å². The second kappa shape index (κ2) is 4.77. The second-order valence-electron chi connectivity index (χ2n) is 5.43. The quantitative estimate of drug-likeness (QED) is 0.834. The zero-order chi connectivity index (χ0) is 12.5. The SMILES string of the molecule is CC(N)C(c1ccccc1)N1CCC(C)(O)C1. The van der Waals surface area contributed by atoms with Gasteiger partial charge < -0.3 is 10.8 Å². The first-order valence-electron chi connectivity index (χ1n) is 6.26. The van der Waals surface area contributed by atoms with Gasteiger partial charge in [0.2, 0.25) is 0 Å². The number of benzene rings is 1. The summed E-state index contributed by atoms with van der Waals surface area (Å²) in [6.07, 6.45) is 0.822. The number of likely N-dealkylation sites (tertiary alicyclic amines) is 1. The third-order valence-electron chi connectivity index (χ3n) is 3.51. The van der Waals surface area contributed by atoms with Gasteiger partial charge in [0.15, 0.2) is 0 Å². The Bertz CT molecular complexity index is 362. The van der Waals surface area contributed by atoms with Crippen LogP contribution < -0.4 is 5.73 Å².